The molecule has 1 heterocycles. The Morgan fingerprint density at radius 1 is 1.32 bits per heavy atom. The number of carbonyl (C=O) groups is 2. The quantitative estimate of drug-likeness (QED) is 0.765. The van der Waals surface area contributed by atoms with Crippen LogP contribution in [0.3, 0.4) is 0 Å². The number of carboxylic acids is 1. The predicted octanol–water partition coefficient (Wildman–Crippen LogP) is 1.23. The average Bonchev–Trinajstić information content (AvgIpc) is 2.53. The van der Waals surface area contributed by atoms with Gasteiger partial charge >= 0.3 is 5.97 Å². The SMILES string of the molecule is CCc1cccc(-c2cnc(O)c(C(=O)NCC(=O)O)n2)c1. The second-order valence-electron chi connectivity index (χ2n) is 4.56. The first-order chi connectivity index (χ1) is 10.5. The van der Waals surface area contributed by atoms with Crippen molar-refractivity contribution >= 4 is 11.9 Å². The number of hydrogen-bond donors (Lipinski definition) is 3. The molecule has 0 spiro atoms. The number of nitrogens with zero attached hydrogens (tertiary/aromatic N) is 2. The second-order valence-corrected chi connectivity index (χ2v) is 4.56. The second kappa shape index (κ2) is 6.66. The summed E-state index contributed by atoms with van der Waals surface area (Å²) in [4.78, 5) is 30.1. The zero-order valence-corrected chi connectivity index (χ0v) is 11.9. The molecular weight excluding hydrogens is 286 g/mol. The molecule has 7 nitrogen and oxygen atoms in total. The fraction of sp³-hybridized carbons (Fsp3) is 0.200. The normalized spacial score (nSPS) is 10.2. The van der Waals surface area contributed by atoms with Crippen LogP contribution in [0.4, 0.5) is 0 Å². The first-order valence-electron chi connectivity index (χ1n) is 6.66. The van der Waals surface area contributed by atoms with E-state index in [1.54, 1.807) is 0 Å². The highest BCUT2D eigenvalue weighted by atomic mass is 16.4. The van der Waals surface area contributed by atoms with Crippen LogP contribution in [0.15, 0.2) is 30.5 Å². The molecule has 0 bridgehead atoms. The number of carbonyl (C=O) groups excluding carboxylic acids is 1. The Balaban J connectivity index is 2.33. The lowest BCUT2D eigenvalue weighted by atomic mass is 10.1. The number of aryl methyl sites for hydroxylation is 1. The molecule has 1 aromatic heterocycles. The van der Waals surface area contributed by atoms with Gasteiger partial charge in [-0.25, -0.2) is 9.97 Å². The zero-order chi connectivity index (χ0) is 16.1. The average molecular weight is 301 g/mol. The van der Waals surface area contributed by atoms with Crippen molar-refractivity contribution in [2.75, 3.05) is 6.54 Å². The fourth-order valence-corrected chi connectivity index (χ4v) is 1.86. The molecule has 114 valence electrons. The monoisotopic (exact) mass is 301 g/mol. The van der Waals surface area contributed by atoms with Gasteiger partial charge in [-0.2, -0.15) is 0 Å². The van der Waals surface area contributed by atoms with Crippen LogP contribution in [-0.2, 0) is 11.2 Å². The lowest BCUT2D eigenvalue weighted by molar-refractivity contribution is -0.135. The van der Waals surface area contributed by atoms with Gasteiger partial charge in [0.1, 0.15) is 6.54 Å². The number of benzene rings is 1. The van der Waals surface area contributed by atoms with Gasteiger partial charge in [-0.05, 0) is 18.1 Å². The van der Waals surface area contributed by atoms with Crippen molar-refractivity contribution in [1.82, 2.24) is 15.3 Å². The summed E-state index contributed by atoms with van der Waals surface area (Å²) in [5.41, 5.74) is 1.98. The highest BCUT2D eigenvalue weighted by Gasteiger charge is 2.16. The van der Waals surface area contributed by atoms with Crippen LogP contribution < -0.4 is 5.32 Å². The molecule has 0 unspecified atom stereocenters. The van der Waals surface area contributed by atoms with E-state index in [1.807, 2.05) is 31.2 Å². The van der Waals surface area contributed by atoms with E-state index in [0.29, 0.717) is 5.69 Å². The molecule has 0 fully saturated rings. The number of aromatic hydroxyl groups is 1. The van der Waals surface area contributed by atoms with E-state index < -0.39 is 24.3 Å². The third kappa shape index (κ3) is 3.57. The Bertz CT molecular complexity index is 716. The van der Waals surface area contributed by atoms with Crippen LogP contribution in [-0.4, -0.2) is 38.6 Å². The largest absolute Gasteiger partial charge is 0.492 e. The van der Waals surface area contributed by atoms with Crippen molar-refractivity contribution in [3.05, 3.63) is 41.7 Å². The summed E-state index contributed by atoms with van der Waals surface area (Å²) in [7, 11) is 0. The van der Waals surface area contributed by atoms with E-state index in [2.05, 4.69) is 15.3 Å². The van der Waals surface area contributed by atoms with Crippen LogP contribution in [0.1, 0.15) is 23.0 Å². The Morgan fingerprint density at radius 3 is 2.77 bits per heavy atom. The molecule has 0 atom stereocenters. The minimum Gasteiger partial charge on any atom is -0.492 e. The molecule has 0 saturated carbocycles. The van der Waals surface area contributed by atoms with E-state index in [0.717, 1.165) is 17.5 Å². The summed E-state index contributed by atoms with van der Waals surface area (Å²) >= 11 is 0. The van der Waals surface area contributed by atoms with Crippen molar-refractivity contribution in [2.45, 2.75) is 13.3 Å². The number of nitrogens with one attached hydrogen (secondary N) is 1. The van der Waals surface area contributed by atoms with Crippen molar-refractivity contribution < 1.29 is 19.8 Å². The summed E-state index contributed by atoms with van der Waals surface area (Å²) in [6.45, 7) is 1.46. The summed E-state index contributed by atoms with van der Waals surface area (Å²) in [5, 5.41) is 20.3. The molecule has 22 heavy (non-hydrogen) atoms. The Labute approximate surface area is 126 Å². The molecule has 3 N–H and O–H groups in total. The van der Waals surface area contributed by atoms with Gasteiger partial charge in [0.15, 0.2) is 5.69 Å². The number of amides is 1. The number of carboxylic acid groups (broad SMARTS) is 1. The summed E-state index contributed by atoms with van der Waals surface area (Å²) in [6.07, 6.45) is 2.21. The van der Waals surface area contributed by atoms with Gasteiger partial charge in [-0.15, -0.1) is 0 Å². The third-order valence-corrected chi connectivity index (χ3v) is 3.00. The van der Waals surface area contributed by atoms with E-state index in [-0.39, 0.29) is 5.69 Å². The molecule has 0 saturated heterocycles. The molecular formula is C15H15N3O4. The van der Waals surface area contributed by atoms with Gasteiger partial charge < -0.3 is 15.5 Å². The maximum absolute atomic E-state index is 11.8. The molecule has 0 aliphatic heterocycles. The predicted molar refractivity (Wildman–Crippen MR) is 78.5 cm³/mol. The molecule has 1 aromatic carbocycles. The van der Waals surface area contributed by atoms with E-state index >= 15 is 0 Å². The van der Waals surface area contributed by atoms with Crippen molar-refractivity contribution in [1.29, 1.82) is 0 Å². The maximum atomic E-state index is 11.8. The highest BCUT2D eigenvalue weighted by Crippen LogP contribution is 2.21. The van der Waals surface area contributed by atoms with Crippen LogP contribution in [0.2, 0.25) is 0 Å². The smallest absolute Gasteiger partial charge is 0.322 e. The standard InChI is InChI=1S/C15H15N3O4/c1-2-9-4-3-5-10(6-9)11-7-16-14(21)13(18-11)15(22)17-8-12(19)20/h3-7H,2,8H2,1H3,(H,16,21)(H,17,22)(H,19,20). The lowest BCUT2D eigenvalue weighted by Crippen LogP contribution is -2.30. The maximum Gasteiger partial charge on any atom is 0.322 e. The van der Waals surface area contributed by atoms with Crippen LogP contribution in [0.5, 0.6) is 5.88 Å². The first kappa shape index (κ1) is 15.4. The number of aromatic nitrogens is 2. The van der Waals surface area contributed by atoms with Crippen molar-refractivity contribution in [3.63, 3.8) is 0 Å². The Hall–Kier alpha value is -2.96. The number of rotatable bonds is 5. The fourth-order valence-electron chi connectivity index (χ4n) is 1.86. The third-order valence-electron chi connectivity index (χ3n) is 3.00. The molecule has 2 rings (SSSR count). The van der Waals surface area contributed by atoms with Crippen LogP contribution in [0, 0.1) is 0 Å². The molecule has 1 amide bonds. The lowest BCUT2D eigenvalue weighted by Gasteiger charge is -2.07. The van der Waals surface area contributed by atoms with Gasteiger partial charge in [0.2, 0.25) is 5.88 Å². The van der Waals surface area contributed by atoms with E-state index in [1.165, 1.54) is 6.20 Å². The van der Waals surface area contributed by atoms with Crippen LogP contribution >= 0.6 is 0 Å². The van der Waals surface area contributed by atoms with Gasteiger partial charge in [-0.1, -0.05) is 25.1 Å². The van der Waals surface area contributed by atoms with Gasteiger partial charge in [0.05, 0.1) is 11.9 Å². The number of aliphatic carboxylic acids is 1. The first-order valence-corrected chi connectivity index (χ1v) is 6.66. The minimum atomic E-state index is -1.19. The number of hydrogen-bond acceptors (Lipinski definition) is 5. The van der Waals surface area contributed by atoms with Crippen LogP contribution in [0.25, 0.3) is 11.3 Å². The zero-order valence-electron chi connectivity index (χ0n) is 11.9. The van der Waals surface area contributed by atoms with E-state index in [4.69, 9.17) is 5.11 Å². The van der Waals surface area contributed by atoms with Gasteiger partial charge in [0, 0.05) is 5.56 Å². The Morgan fingerprint density at radius 2 is 2.09 bits per heavy atom. The molecule has 0 aliphatic rings. The van der Waals surface area contributed by atoms with Gasteiger partial charge in [-0.3, -0.25) is 9.59 Å². The minimum absolute atomic E-state index is 0.305. The van der Waals surface area contributed by atoms with E-state index in [9.17, 15) is 14.7 Å². The Kier molecular flexibility index (Phi) is 4.67. The molecule has 2 aromatic rings. The molecule has 7 heteroatoms. The van der Waals surface area contributed by atoms with Crippen molar-refractivity contribution in [3.8, 4) is 17.1 Å². The summed E-state index contributed by atoms with van der Waals surface area (Å²) in [6, 6.07) is 7.57. The summed E-state index contributed by atoms with van der Waals surface area (Å²) < 4.78 is 0. The molecule has 0 radical (unpaired) electrons. The topological polar surface area (TPSA) is 112 Å². The molecule has 0 aliphatic carbocycles. The van der Waals surface area contributed by atoms with Crippen molar-refractivity contribution in [2.24, 2.45) is 0 Å². The summed E-state index contributed by atoms with van der Waals surface area (Å²) in [5.74, 6) is -2.52. The van der Waals surface area contributed by atoms with Gasteiger partial charge in [0.25, 0.3) is 5.91 Å². The highest BCUT2D eigenvalue weighted by molar-refractivity contribution is 5.96.